The van der Waals surface area contributed by atoms with Gasteiger partial charge >= 0.3 is 11.5 Å². The number of halogens is 3. The highest BCUT2D eigenvalue weighted by atomic mass is 32.2. The van der Waals surface area contributed by atoms with Crippen molar-refractivity contribution in [3.05, 3.63) is 59.3 Å². The molecule has 5 nitrogen and oxygen atoms in total. The number of hydrogen-bond acceptors (Lipinski definition) is 4. The molecule has 9 heteroatoms. The molecule has 0 aliphatic carbocycles. The number of alkyl halides is 3. The minimum Gasteiger partial charge on any atom is -0.478 e. The third-order valence-electron chi connectivity index (χ3n) is 4.06. The van der Waals surface area contributed by atoms with Crippen molar-refractivity contribution >= 4 is 34.3 Å². The van der Waals surface area contributed by atoms with E-state index in [-0.39, 0.29) is 27.9 Å². The Morgan fingerprint density at radius 3 is 2.71 bits per heavy atom. The van der Waals surface area contributed by atoms with Gasteiger partial charge < -0.3 is 15.4 Å². The van der Waals surface area contributed by atoms with Crippen LogP contribution in [0.5, 0.6) is 0 Å². The minimum atomic E-state index is -4.48. The third-order valence-corrected chi connectivity index (χ3v) is 4.78. The van der Waals surface area contributed by atoms with Gasteiger partial charge in [-0.05, 0) is 54.1 Å². The summed E-state index contributed by atoms with van der Waals surface area (Å²) in [6.45, 7) is 0.388. The van der Waals surface area contributed by atoms with Crippen molar-refractivity contribution in [2.24, 2.45) is 0 Å². The Labute approximate surface area is 162 Å². The molecule has 3 aromatic rings. The zero-order valence-electron chi connectivity index (χ0n) is 14.3. The number of aromatic carboxylic acids is 1. The maximum Gasteiger partial charge on any atom is 0.446 e. The number of fused-ring (bicyclic) bond motifs is 1. The predicted molar refractivity (Wildman–Crippen MR) is 101 cm³/mol. The van der Waals surface area contributed by atoms with Crippen LogP contribution in [0, 0.1) is 11.3 Å². The summed E-state index contributed by atoms with van der Waals surface area (Å²) < 4.78 is 37.5. The molecule has 28 heavy (non-hydrogen) atoms. The van der Waals surface area contributed by atoms with Crippen LogP contribution in [0.2, 0.25) is 0 Å². The Morgan fingerprint density at radius 1 is 1.25 bits per heavy atom. The molecule has 0 saturated heterocycles. The molecule has 1 aromatic heterocycles. The number of aromatic nitrogens is 1. The maximum atomic E-state index is 12.5. The first-order valence-electron chi connectivity index (χ1n) is 8.14. The Hall–Kier alpha value is -3.12. The van der Waals surface area contributed by atoms with Crippen molar-refractivity contribution in [2.75, 3.05) is 11.9 Å². The standard InChI is InChI=1S/C19H14F3N3O2S/c20-19(21,22)28-13-2-4-16(15(8-13)18(26)27)24-6-5-12-10-25-17-7-11(9-23)1-3-14(12)17/h1-4,7-8,10,24-25H,5-6H2,(H,26,27). The molecule has 0 aliphatic rings. The second kappa shape index (κ2) is 7.86. The number of hydrogen-bond donors (Lipinski definition) is 3. The van der Waals surface area contributed by atoms with Gasteiger partial charge in [-0.3, -0.25) is 0 Å². The molecule has 0 atom stereocenters. The van der Waals surface area contributed by atoms with Crippen molar-refractivity contribution < 1.29 is 23.1 Å². The molecule has 0 amide bonds. The highest BCUT2D eigenvalue weighted by Gasteiger charge is 2.29. The fourth-order valence-electron chi connectivity index (χ4n) is 2.85. The molecule has 0 aliphatic heterocycles. The molecular formula is C19H14F3N3O2S. The van der Waals surface area contributed by atoms with E-state index in [0.29, 0.717) is 18.5 Å². The van der Waals surface area contributed by atoms with E-state index in [1.54, 1.807) is 12.1 Å². The highest BCUT2D eigenvalue weighted by molar-refractivity contribution is 8.00. The van der Waals surface area contributed by atoms with E-state index in [9.17, 15) is 23.1 Å². The molecule has 144 valence electrons. The number of thioether (sulfide) groups is 1. The summed E-state index contributed by atoms with van der Waals surface area (Å²) in [4.78, 5) is 14.3. The van der Waals surface area contributed by atoms with Crippen molar-refractivity contribution in [1.82, 2.24) is 4.98 Å². The largest absolute Gasteiger partial charge is 0.478 e. The smallest absolute Gasteiger partial charge is 0.446 e. The van der Waals surface area contributed by atoms with Gasteiger partial charge in [0, 0.05) is 34.2 Å². The van der Waals surface area contributed by atoms with Gasteiger partial charge in [-0.25, -0.2) is 4.79 Å². The highest BCUT2D eigenvalue weighted by Crippen LogP contribution is 2.38. The van der Waals surface area contributed by atoms with Gasteiger partial charge in [0.1, 0.15) is 0 Å². The maximum absolute atomic E-state index is 12.5. The Balaban J connectivity index is 1.72. The minimum absolute atomic E-state index is 0.180. The van der Waals surface area contributed by atoms with Crippen LogP contribution in [-0.2, 0) is 6.42 Å². The van der Waals surface area contributed by atoms with Crippen LogP contribution in [0.3, 0.4) is 0 Å². The summed E-state index contributed by atoms with van der Waals surface area (Å²) in [6, 6.07) is 11.0. The number of aromatic amines is 1. The number of nitrogens with one attached hydrogen (secondary N) is 2. The molecule has 0 fully saturated rings. The van der Waals surface area contributed by atoms with E-state index in [1.165, 1.54) is 12.1 Å². The lowest BCUT2D eigenvalue weighted by Gasteiger charge is -2.12. The predicted octanol–water partition coefficient (Wildman–Crippen LogP) is 5.00. The summed E-state index contributed by atoms with van der Waals surface area (Å²) in [6.07, 6.45) is 2.37. The average Bonchev–Trinajstić information content (AvgIpc) is 3.03. The number of nitrogens with zero attached hydrogens (tertiary/aromatic N) is 1. The van der Waals surface area contributed by atoms with Crippen LogP contribution in [0.15, 0.2) is 47.5 Å². The van der Waals surface area contributed by atoms with E-state index < -0.39 is 11.5 Å². The van der Waals surface area contributed by atoms with Crippen molar-refractivity contribution in [3.63, 3.8) is 0 Å². The summed E-state index contributed by atoms with van der Waals surface area (Å²) in [5.74, 6) is -1.30. The van der Waals surface area contributed by atoms with Gasteiger partial charge in [0.25, 0.3) is 0 Å². The first-order chi connectivity index (χ1) is 13.3. The molecule has 3 rings (SSSR count). The van der Waals surface area contributed by atoms with Crippen LogP contribution in [0.25, 0.3) is 10.9 Å². The average molecular weight is 405 g/mol. The number of H-pyrrole nitrogens is 1. The van der Waals surface area contributed by atoms with Crippen LogP contribution in [-0.4, -0.2) is 28.1 Å². The fraction of sp³-hybridized carbons (Fsp3) is 0.158. The molecule has 0 spiro atoms. The number of benzene rings is 2. The second-order valence-corrected chi connectivity index (χ2v) is 7.06. The first-order valence-corrected chi connectivity index (χ1v) is 8.95. The fourth-order valence-corrected chi connectivity index (χ4v) is 3.43. The zero-order chi connectivity index (χ0) is 20.3. The van der Waals surface area contributed by atoms with Gasteiger partial charge in [-0.1, -0.05) is 6.07 Å². The second-order valence-electron chi connectivity index (χ2n) is 5.92. The lowest BCUT2D eigenvalue weighted by molar-refractivity contribution is -0.0328. The lowest BCUT2D eigenvalue weighted by Crippen LogP contribution is -2.10. The van der Waals surface area contributed by atoms with E-state index in [4.69, 9.17) is 5.26 Å². The monoisotopic (exact) mass is 405 g/mol. The molecule has 0 bridgehead atoms. The van der Waals surface area contributed by atoms with Crippen LogP contribution in [0.1, 0.15) is 21.5 Å². The molecular weight excluding hydrogens is 391 g/mol. The van der Waals surface area contributed by atoms with Crippen LogP contribution >= 0.6 is 11.8 Å². The zero-order valence-corrected chi connectivity index (χ0v) is 15.1. The van der Waals surface area contributed by atoms with E-state index in [0.717, 1.165) is 22.5 Å². The summed E-state index contributed by atoms with van der Waals surface area (Å²) in [5, 5.41) is 22.2. The number of anilines is 1. The van der Waals surface area contributed by atoms with Gasteiger partial charge in [0.2, 0.25) is 0 Å². The van der Waals surface area contributed by atoms with E-state index in [1.807, 2.05) is 12.3 Å². The SMILES string of the molecule is N#Cc1ccc2c(CCNc3ccc(SC(F)(F)F)cc3C(=O)O)c[nH]c2c1. The molecule has 0 radical (unpaired) electrons. The molecule has 1 heterocycles. The van der Waals surface area contributed by atoms with Crippen molar-refractivity contribution in [2.45, 2.75) is 16.8 Å². The summed E-state index contributed by atoms with van der Waals surface area (Å²) >= 11 is -0.351. The van der Waals surface area contributed by atoms with Crippen LogP contribution < -0.4 is 5.32 Å². The first kappa shape index (κ1) is 19.6. The number of carboxylic acids is 1. The molecule has 0 saturated carbocycles. The topological polar surface area (TPSA) is 88.9 Å². The van der Waals surface area contributed by atoms with Gasteiger partial charge in [0.15, 0.2) is 0 Å². The molecule has 0 unspecified atom stereocenters. The number of rotatable bonds is 6. The molecule has 3 N–H and O–H groups in total. The number of carboxylic acid groups (broad SMARTS) is 1. The number of carbonyl (C=O) groups is 1. The lowest BCUT2D eigenvalue weighted by atomic mass is 10.1. The molecule has 2 aromatic carbocycles. The Bertz CT molecular complexity index is 1070. The van der Waals surface area contributed by atoms with Crippen molar-refractivity contribution in [1.29, 1.82) is 5.26 Å². The van der Waals surface area contributed by atoms with E-state index >= 15 is 0 Å². The van der Waals surface area contributed by atoms with Crippen molar-refractivity contribution in [3.8, 4) is 6.07 Å². The third kappa shape index (κ3) is 4.58. The van der Waals surface area contributed by atoms with Gasteiger partial charge in [-0.15, -0.1) is 0 Å². The Kier molecular flexibility index (Phi) is 5.51. The quantitative estimate of drug-likeness (QED) is 0.502. The normalized spacial score (nSPS) is 11.4. The summed E-state index contributed by atoms with van der Waals surface area (Å²) in [5.41, 5.74) is -2.09. The van der Waals surface area contributed by atoms with Gasteiger partial charge in [-0.2, -0.15) is 18.4 Å². The number of nitriles is 1. The van der Waals surface area contributed by atoms with Crippen LogP contribution in [0.4, 0.5) is 18.9 Å². The van der Waals surface area contributed by atoms with E-state index in [2.05, 4.69) is 16.4 Å². The summed E-state index contributed by atoms with van der Waals surface area (Å²) in [7, 11) is 0. The Morgan fingerprint density at radius 2 is 2.04 bits per heavy atom. The van der Waals surface area contributed by atoms with Gasteiger partial charge in [0.05, 0.1) is 17.2 Å².